The van der Waals surface area contributed by atoms with E-state index in [2.05, 4.69) is 18.9 Å². The van der Waals surface area contributed by atoms with E-state index in [-0.39, 0.29) is 0 Å². The summed E-state index contributed by atoms with van der Waals surface area (Å²) in [6.07, 6.45) is 9.80. The van der Waals surface area contributed by atoms with Gasteiger partial charge in [0.05, 0.1) is 0 Å². The van der Waals surface area contributed by atoms with Gasteiger partial charge in [0.15, 0.2) is 0 Å². The molecule has 0 aromatic carbocycles. The molecule has 4 unspecified atom stereocenters. The molecule has 2 nitrogen and oxygen atoms in total. The van der Waals surface area contributed by atoms with Gasteiger partial charge in [-0.3, -0.25) is 0 Å². The Bertz CT molecular complexity index is 217. The first kappa shape index (κ1) is 12.4. The molecule has 0 aromatic rings. The molecule has 0 bridgehead atoms. The Morgan fingerprint density at radius 3 is 2.62 bits per heavy atom. The highest BCUT2D eigenvalue weighted by Crippen LogP contribution is 2.36. The minimum Gasteiger partial charge on any atom is -0.330 e. The Morgan fingerprint density at radius 1 is 1.19 bits per heavy atom. The van der Waals surface area contributed by atoms with Gasteiger partial charge in [-0.25, -0.2) is 0 Å². The normalized spacial score (nSPS) is 39.8. The van der Waals surface area contributed by atoms with Crippen molar-refractivity contribution in [3.05, 3.63) is 0 Å². The van der Waals surface area contributed by atoms with Gasteiger partial charge in [-0.2, -0.15) is 0 Å². The lowest BCUT2D eigenvalue weighted by Gasteiger charge is -2.34. The summed E-state index contributed by atoms with van der Waals surface area (Å²) in [5.41, 5.74) is 5.89. The zero-order chi connectivity index (χ0) is 11.5. The quantitative estimate of drug-likeness (QED) is 0.795. The van der Waals surface area contributed by atoms with Crippen LogP contribution < -0.4 is 5.73 Å². The smallest absolute Gasteiger partial charge is 0.0135 e. The number of rotatable bonds is 4. The molecule has 0 amide bonds. The van der Waals surface area contributed by atoms with Crippen molar-refractivity contribution in [1.82, 2.24) is 4.90 Å². The van der Waals surface area contributed by atoms with E-state index in [1.54, 1.807) is 0 Å². The molecule has 0 saturated heterocycles. The van der Waals surface area contributed by atoms with Crippen molar-refractivity contribution in [2.45, 2.75) is 64.0 Å². The van der Waals surface area contributed by atoms with E-state index < -0.39 is 0 Å². The van der Waals surface area contributed by atoms with Crippen LogP contribution in [0.5, 0.6) is 0 Å². The van der Waals surface area contributed by atoms with Crippen molar-refractivity contribution in [3.63, 3.8) is 0 Å². The molecule has 2 aliphatic carbocycles. The van der Waals surface area contributed by atoms with Gasteiger partial charge in [0.1, 0.15) is 0 Å². The summed E-state index contributed by atoms with van der Waals surface area (Å²) in [5, 5.41) is 0. The number of hydrogen-bond acceptors (Lipinski definition) is 2. The Balaban J connectivity index is 1.89. The Kier molecular flexibility index (Phi) is 4.26. The zero-order valence-corrected chi connectivity index (χ0v) is 11.0. The number of hydrogen-bond donors (Lipinski definition) is 1. The molecule has 2 N–H and O–H groups in total. The van der Waals surface area contributed by atoms with Crippen molar-refractivity contribution in [2.24, 2.45) is 17.6 Å². The van der Waals surface area contributed by atoms with E-state index in [1.807, 2.05) is 0 Å². The second-order valence-corrected chi connectivity index (χ2v) is 5.90. The van der Waals surface area contributed by atoms with E-state index in [0.29, 0.717) is 0 Å². The van der Waals surface area contributed by atoms with Crippen molar-refractivity contribution in [3.8, 4) is 0 Å². The summed E-state index contributed by atoms with van der Waals surface area (Å²) in [6.45, 7) is 3.23. The second kappa shape index (κ2) is 5.50. The van der Waals surface area contributed by atoms with E-state index in [4.69, 9.17) is 5.73 Å². The Hall–Kier alpha value is -0.0800. The van der Waals surface area contributed by atoms with Crippen LogP contribution in [0.2, 0.25) is 0 Å². The molecule has 16 heavy (non-hydrogen) atoms. The highest BCUT2D eigenvalue weighted by Gasteiger charge is 2.35. The van der Waals surface area contributed by atoms with Gasteiger partial charge in [0, 0.05) is 12.1 Å². The molecule has 2 fully saturated rings. The van der Waals surface area contributed by atoms with Gasteiger partial charge in [0.2, 0.25) is 0 Å². The standard InChI is InChI=1S/C14H28N2/c1-3-11-7-8-13(9-11)16(2)14-6-4-5-12(14)10-15/h11-14H,3-10,15H2,1-2H3. The average Bonchev–Trinajstić information content (AvgIpc) is 2.96. The van der Waals surface area contributed by atoms with Crippen LogP contribution >= 0.6 is 0 Å². The molecular formula is C14H28N2. The van der Waals surface area contributed by atoms with Crippen LogP contribution in [0.3, 0.4) is 0 Å². The van der Waals surface area contributed by atoms with Crippen LogP contribution in [0, 0.1) is 11.8 Å². The van der Waals surface area contributed by atoms with Crippen molar-refractivity contribution < 1.29 is 0 Å². The second-order valence-electron chi connectivity index (χ2n) is 5.90. The van der Waals surface area contributed by atoms with Crippen molar-refractivity contribution >= 4 is 0 Å². The molecule has 2 saturated carbocycles. The van der Waals surface area contributed by atoms with E-state index in [1.165, 1.54) is 44.9 Å². The summed E-state index contributed by atoms with van der Waals surface area (Å²) < 4.78 is 0. The first-order valence-corrected chi connectivity index (χ1v) is 7.18. The van der Waals surface area contributed by atoms with E-state index in [9.17, 15) is 0 Å². The topological polar surface area (TPSA) is 29.3 Å². The fourth-order valence-electron chi connectivity index (χ4n) is 3.89. The average molecular weight is 224 g/mol. The Labute approximate surface area is 101 Å². The van der Waals surface area contributed by atoms with Crippen molar-refractivity contribution in [2.75, 3.05) is 13.6 Å². The molecule has 4 atom stereocenters. The predicted octanol–water partition coefficient (Wildman–Crippen LogP) is 2.62. The lowest BCUT2D eigenvalue weighted by molar-refractivity contribution is 0.141. The fourth-order valence-corrected chi connectivity index (χ4v) is 3.89. The maximum Gasteiger partial charge on any atom is 0.0135 e. The minimum atomic E-state index is 0.769. The van der Waals surface area contributed by atoms with Gasteiger partial charge in [-0.15, -0.1) is 0 Å². The molecule has 0 aromatic heterocycles. The maximum absolute atomic E-state index is 5.89. The van der Waals surface area contributed by atoms with Crippen LogP contribution in [-0.4, -0.2) is 30.6 Å². The zero-order valence-electron chi connectivity index (χ0n) is 11.0. The van der Waals surface area contributed by atoms with Gasteiger partial charge in [-0.05, 0) is 57.5 Å². The van der Waals surface area contributed by atoms with Gasteiger partial charge >= 0.3 is 0 Å². The van der Waals surface area contributed by atoms with Gasteiger partial charge in [0.25, 0.3) is 0 Å². The lowest BCUT2D eigenvalue weighted by Crippen LogP contribution is -2.43. The molecule has 0 spiro atoms. The molecule has 2 rings (SSSR count). The predicted molar refractivity (Wildman–Crippen MR) is 69.4 cm³/mol. The molecular weight excluding hydrogens is 196 g/mol. The Morgan fingerprint density at radius 2 is 2.00 bits per heavy atom. The molecule has 94 valence electrons. The number of nitrogens with two attached hydrogens (primary N) is 1. The third-order valence-electron chi connectivity index (χ3n) is 5.11. The van der Waals surface area contributed by atoms with Crippen LogP contribution in [0.4, 0.5) is 0 Å². The highest BCUT2D eigenvalue weighted by molar-refractivity contribution is 4.90. The van der Waals surface area contributed by atoms with Crippen LogP contribution in [-0.2, 0) is 0 Å². The van der Waals surface area contributed by atoms with Gasteiger partial charge in [-0.1, -0.05) is 19.8 Å². The summed E-state index contributed by atoms with van der Waals surface area (Å²) in [6, 6.07) is 1.63. The molecule has 2 heteroatoms. The summed E-state index contributed by atoms with van der Waals surface area (Å²) in [4.78, 5) is 2.68. The minimum absolute atomic E-state index is 0.769. The summed E-state index contributed by atoms with van der Waals surface area (Å²) in [7, 11) is 2.35. The highest BCUT2D eigenvalue weighted by atomic mass is 15.2. The first-order valence-electron chi connectivity index (χ1n) is 7.18. The fraction of sp³-hybridized carbons (Fsp3) is 1.00. The lowest BCUT2D eigenvalue weighted by atomic mass is 10.00. The molecule has 2 aliphatic rings. The van der Waals surface area contributed by atoms with E-state index in [0.717, 1.165) is 30.5 Å². The molecule has 0 radical (unpaired) electrons. The third kappa shape index (κ3) is 2.43. The summed E-state index contributed by atoms with van der Waals surface area (Å²) in [5.74, 6) is 1.76. The molecule has 0 aliphatic heterocycles. The first-order chi connectivity index (χ1) is 7.76. The van der Waals surface area contributed by atoms with Crippen LogP contribution in [0.15, 0.2) is 0 Å². The molecule has 0 heterocycles. The third-order valence-corrected chi connectivity index (χ3v) is 5.11. The van der Waals surface area contributed by atoms with Gasteiger partial charge < -0.3 is 10.6 Å². The monoisotopic (exact) mass is 224 g/mol. The van der Waals surface area contributed by atoms with Crippen molar-refractivity contribution in [1.29, 1.82) is 0 Å². The van der Waals surface area contributed by atoms with Crippen LogP contribution in [0.25, 0.3) is 0 Å². The maximum atomic E-state index is 5.89. The number of nitrogens with zero attached hydrogens (tertiary/aromatic N) is 1. The SMILES string of the molecule is CCC1CCC(N(C)C2CCCC2CN)C1. The van der Waals surface area contributed by atoms with E-state index >= 15 is 0 Å². The largest absolute Gasteiger partial charge is 0.330 e. The van der Waals surface area contributed by atoms with Crippen LogP contribution in [0.1, 0.15) is 51.9 Å². The summed E-state index contributed by atoms with van der Waals surface area (Å²) >= 11 is 0.